The Bertz CT molecular complexity index is 462. The van der Waals surface area contributed by atoms with Gasteiger partial charge in [-0.3, -0.25) is 9.59 Å². The zero-order chi connectivity index (χ0) is 11.8. The Morgan fingerprint density at radius 3 is 2.81 bits per heavy atom. The van der Waals surface area contributed by atoms with Crippen LogP contribution in [-0.2, 0) is 11.3 Å². The molecule has 1 fully saturated rings. The van der Waals surface area contributed by atoms with Crippen LogP contribution in [0.1, 0.15) is 26.0 Å². The number of rotatable bonds is 3. The first-order valence-electron chi connectivity index (χ1n) is 5.45. The molecule has 1 amide bonds. The molecule has 1 aromatic rings. The molecule has 1 heterocycles. The van der Waals surface area contributed by atoms with Crippen LogP contribution in [0, 0.1) is 11.3 Å². The first kappa shape index (κ1) is 10.9. The van der Waals surface area contributed by atoms with Crippen molar-refractivity contribution in [2.45, 2.75) is 26.8 Å². The Kier molecular flexibility index (Phi) is 2.58. The summed E-state index contributed by atoms with van der Waals surface area (Å²) >= 11 is 0. The van der Waals surface area contributed by atoms with Crippen molar-refractivity contribution in [1.29, 1.82) is 0 Å². The summed E-state index contributed by atoms with van der Waals surface area (Å²) in [7, 11) is 0. The molecule has 4 nitrogen and oxygen atoms in total. The monoisotopic (exact) mass is 220 g/mol. The standard InChI is InChI=1S/C12H16N2O2/c1-12(2)6-9(12)11(16)13-7-8-4-3-5-10(15)14-8/h3-5,9H,6-7H2,1-2H3,(H,13,16)(H,14,15)/t9-/m1/s1. The minimum atomic E-state index is -0.140. The van der Waals surface area contributed by atoms with Gasteiger partial charge in [-0.05, 0) is 17.9 Å². The van der Waals surface area contributed by atoms with E-state index in [4.69, 9.17) is 0 Å². The number of carbonyl (C=O) groups is 1. The molecule has 16 heavy (non-hydrogen) atoms. The number of hydrogen-bond acceptors (Lipinski definition) is 2. The molecule has 86 valence electrons. The second kappa shape index (κ2) is 3.77. The lowest BCUT2D eigenvalue weighted by atomic mass is 10.1. The van der Waals surface area contributed by atoms with Gasteiger partial charge >= 0.3 is 0 Å². The van der Waals surface area contributed by atoms with Gasteiger partial charge in [0, 0.05) is 17.7 Å². The van der Waals surface area contributed by atoms with Crippen molar-refractivity contribution in [2.24, 2.45) is 11.3 Å². The van der Waals surface area contributed by atoms with Crippen LogP contribution in [0.3, 0.4) is 0 Å². The van der Waals surface area contributed by atoms with Crippen LogP contribution in [0.4, 0.5) is 0 Å². The SMILES string of the molecule is CC1(C)C[C@@H]1C(=O)NCc1cccc(=O)[nH]1. The molecule has 1 atom stereocenters. The van der Waals surface area contributed by atoms with Gasteiger partial charge in [-0.15, -0.1) is 0 Å². The van der Waals surface area contributed by atoms with E-state index >= 15 is 0 Å². The van der Waals surface area contributed by atoms with E-state index in [1.165, 1.54) is 6.07 Å². The first-order chi connectivity index (χ1) is 7.49. The number of carbonyl (C=O) groups excluding carboxylic acids is 1. The summed E-state index contributed by atoms with van der Waals surface area (Å²) in [6.07, 6.45) is 0.949. The molecule has 1 aromatic heterocycles. The minimum absolute atomic E-state index is 0.0784. The van der Waals surface area contributed by atoms with Crippen molar-refractivity contribution in [3.05, 3.63) is 34.2 Å². The lowest BCUT2D eigenvalue weighted by Crippen LogP contribution is -2.27. The van der Waals surface area contributed by atoms with Gasteiger partial charge in [0.25, 0.3) is 0 Å². The molecule has 0 spiro atoms. The molecule has 2 N–H and O–H groups in total. The molecule has 0 bridgehead atoms. The van der Waals surface area contributed by atoms with Gasteiger partial charge in [0.1, 0.15) is 0 Å². The van der Waals surface area contributed by atoms with Gasteiger partial charge in [0.2, 0.25) is 11.5 Å². The second-order valence-electron chi connectivity index (χ2n) is 5.00. The van der Waals surface area contributed by atoms with Gasteiger partial charge in [-0.1, -0.05) is 19.9 Å². The molecule has 0 aliphatic heterocycles. The molecule has 0 radical (unpaired) electrons. The normalized spacial score (nSPS) is 21.5. The van der Waals surface area contributed by atoms with Crippen LogP contribution >= 0.6 is 0 Å². The van der Waals surface area contributed by atoms with Gasteiger partial charge < -0.3 is 10.3 Å². The Hall–Kier alpha value is -1.58. The molecular weight excluding hydrogens is 204 g/mol. The number of pyridine rings is 1. The molecule has 2 rings (SSSR count). The maximum Gasteiger partial charge on any atom is 0.248 e. The zero-order valence-corrected chi connectivity index (χ0v) is 9.54. The highest BCUT2D eigenvalue weighted by molar-refractivity contribution is 5.82. The maximum absolute atomic E-state index is 11.7. The third-order valence-electron chi connectivity index (χ3n) is 3.11. The molecule has 1 saturated carbocycles. The third-order valence-corrected chi connectivity index (χ3v) is 3.11. The summed E-state index contributed by atoms with van der Waals surface area (Å²) in [5.74, 6) is 0.206. The first-order valence-corrected chi connectivity index (χ1v) is 5.45. The molecule has 1 aliphatic rings. The van der Waals surface area contributed by atoms with Crippen molar-refractivity contribution in [3.63, 3.8) is 0 Å². The molecule has 0 saturated heterocycles. The highest BCUT2D eigenvalue weighted by atomic mass is 16.2. The Balaban J connectivity index is 1.89. The Morgan fingerprint density at radius 1 is 1.56 bits per heavy atom. The van der Waals surface area contributed by atoms with E-state index in [-0.39, 0.29) is 22.8 Å². The second-order valence-corrected chi connectivity index (χ2v) is 5.00. The largest absolute Gasteiger partial charge is 0.350 e. The van der Waals surface area contributed by atoms with E-state index in [0.717, 1.165) is 12.1 Å². The van der Waals surface area contributed by atoms with E-state index < -0.39 is 0 Å². The van der Waals surface area contributed by atoms with E-state index in [2.05, 4.69) is 24.1 Å². The maximum atomic E-state index is 11.7. The van der Waals surface area contributed by atoms with E-state index in [0.29, 0.717) is 6.54 Å². The van der Waals surface area contributed by atoms with E-state index in [1.54, 1.807) is 12.1 Å². The van der Waals surface area contributed by atoms with Crippen LogP contribution in [-0.4, -0.2) is 10.9 Å². The summed E-state index contributed by atoms with van der Waals surface area (Å²) in [5, 5.41) is 2.83. The van der Waals surface area contributed by atoms with Crippen molar-refractivity contribution >= 4 is 5.91 Å². The van der Waals surface area contributed by atoms with Crippen LogP contribution in [0.5, 0.6) is 0 Å². The number of amides is 1. The van der Waals surface area contributed by atoms with Crippen LogP contribution in [0.2, 0.25) is 0 Å². The van der Waals surface area contributed by atoms with Crippen molar-refractivity contribution in [1.82, 2.24) is 10.3 Å². The number of H-pyrrole nitrogens is 1. The molecule has 4 heteroatoms. The van der Waals surface area contributed by atoms with Crippen molar-refractivity contribution in [3.8, 4) is 0 Å². The average molecular weight is 220 g/mol. The van der Waals surface area contributed by atoms with Gasteiger partial charge in [-0.25, -0.2) is 0 Å². The van der Waals surface area contributed by atoms with E-state index in [1.807, 2.05) is 0 Å². The molecular formula is C12H16N2O2. The summed E-state index contributed by atoms with van der Waals surface area (Å²) in [5.41, 5.74) is 0.742. The van der Waals surface area contributed by atoms with Gasteiger partial charge in [-0.2, -0.15) is 0 Å². The predicted octanol–water partition coefficient (Wildman–Crippen LogP) is 1.04. The number of aromatic amines is 1. The Labute approximate surface area is 94.1 Å². The minimum Gasteiger partial charge on any atom is -0.350 e. The lowest BCUT2D eigenvalue weighted by molar-refractivity contribution is -0.123. The molecule has 0 unspecified atom stereocenters. The molecule has 1 aliphatic carbocycles. The van der Waals surface area contributed by atoms with E-state index in [9.17, 15) is 9.59 Å². The number of nitrogens with one attached hydrogen (secondary N) is 2. The highest BCUT2D eigenvalue weighted by Gasteiger charge is 2.50. The summed E-state index contributed by atoms with van der Waals surface area (Å²) < 4.78 is 0. The fraction of sp³-hybridized carbons (Fsp3) is 0.500. The lowest BCUT2D eigenvalue weighted by Gasteiger charge is -2.06. The van der Waals surface area contributed by atoms with Crippen LogP contribution in [0.15, 0.2) is 23.0 Å². The van der Waals surface area contributed by atoms with Crippen LogP contribution in [0.25, 0.3) is 0 Å². The fourth-order valence-corrected chi connectivity index (χ4v) is 1.82. The average Bonchev–Trinajstić information content (AvgIpc) is 2.85. The summed E-state index contributed by atoms with van der Waals surface area (Å²) in [6, 6.07) is 4.93. The number of hydrogen-bond donors (Lipinski definition) is 2. The highest BCUT2D eigenvalue weighted by Crippen LogP contribution is 2.51. The van der Waals surface area contributed by atoms with Crippen molar-refractivity contribution < 1.29 is 4.79 Å². The quantitative estimate of drug-likeness (QED) is 0.799. The molecule has 0 aromatic carbocycles. The van der Waals surface area contributed by atoms with Crippen molar-refractivity contribution in [2.75, 3.05) is 0 Å². The van der Waals surface area contributed by atoms with Gasteiger partial charge in [0.05, 0.1) is 6.54 Å². The topological polar surface area (TPSA) is 62.0 Å². The Morgan fingerprint density at radius 2 is 2.25 bits per heavy atom. The predicted molar refractivity (Wildman–Crippen MR) is 60.8 cm³/mol. The van der Waals surface area contributed by atoms with Gasteiger partial charge in [0.15, 0.2) is 0 Å². The number of aromatic nitrogens is 1. The summed E-state index contributed by atoms with van der Waals surface area (Å²) in [6.45, 7) is 4.56. The fourth-order valence-electron chi connectivity index (χ4n) is 1.82. The third kappa shape index (κ3) is 2.32. The van der Waals surface area contributed by atoms with Crippen LogP contribution < -0.4 is 10.9 Å². The smallest absolute Gasteiger partial charge is 0.248 e. The zero-order valence-electron chi connectivity index (χ0n) is 9.54. The summed E-state index contributed by atoms with van der Waals surface area (Å²) in [4.78, 5) is 25.4.